The van der Waals surface area contributed by atoms with E-state index in [1.807, 2.05) is 25.7 Å². The Kier molecular flexibility index (Phi) is 10.8. The Morgan fingerprint density at radius 3 is 1.77 bits per heavy atom. The van der Waals surface area contributed by atoms with E-state index in [1.165, 1.54) is 82.0 Å². The van der Waals surface area contributed by atoms with Crippen LogP contribution in [0.3, 0.4) is 0 Å². The van der Waals surface area contributed by atoms with E-state index in [2.05, 4.69) is 76.6 Å². The summed E-state index contributed by atoms with van der Waals surface area (Å²) in [6.45, 7) is 12.0. The molecule has 0 aromatic heterocycles. The van der Waals surface area contributed by atoms with Crippen LogP contribution in [-0.4, -0.2) is 54.9 Å². The highest BCUT2D eigenvalue weighted by molar-refractivity contribution is 5.68. The Morgan fingerprint density at radius 2 is 1.30 bits per heavy atom. The van der Waals surface area contributed by atoms with Gasteiger partial charge >= 0.3 is 6.09 Å². The molecule has 4 aliphatic rings. The molecule has 0 unspecified atom stereocenters. The van der Waals surface area contributed by atoms with Crippen LogP contribution >= 0.6 is 0 Å². The molecule has 1 amide bonds. The molecule has 6 heteroatoms. The minimum absolute atomic E-state index is 0.145. The highest BCUT2D eigenvalue weighted by Gasteiger charge is 2.43. The summed E-state index contributed by atoms with van der Waals surface area (Å²) < 4.78 is 5.54. The van der Waals surface area contributed by atoms with Gasteiger partial charge in [-0.15, -0.1) is 0 Å². The van der Waals surface area contributed by atoms with Crippen LogP contribution in [0.1, 0.15) is 96.1 Å². The average Bonchev–Trinajstić information content (AvgIpc) is 3.65. The fourth-order valence-electron chi connectivity index (χ4n) is 7.63. The van der Waals surface area contributed by atoms with Crippen LogP contribution in [0.25, 0.3) is 0 Å². The van der Waals surface area contributed by atoms with Crippen LogP contribution < -0.4 is 16.0 Å². The van der Waals surface area contributed by atoms with Gasteiger partial charge in [0.2, 0.25) is 0 Å². The number of benzene rings is 2. The lowest BCUT2D eigenvalue weighted by Gasteiger charge is -2.37. The molecular weight excluding hydrogens is 532 g/mol. The lowest BCUT2D eigenvalue weighted by Crippen LogP contribution is -2.40. The molecule has 43 heavy (non-hydrogen) atoms. The van der Waals surface area contributed by atoms with Crippen molar-refractivity contribution in [3.05, 3.63) is 71.8 Å². The highest BCUT2D eigenvalue weighted by atomic mass is 16.6. The van der Waals surface area contributed by atoms with Gasteiger partial charge in [0.05, 0.1) is 0 Å². The SMILES string of the molecule is CC(C)(C)OC(=O)N1CCC2(CCC(NCc3ccccc3)CC2)C1.c1ccc(CNC2CCC3(CCNC3)CC2)cc1. The van der Waals surface area contributed by atoms with Gasteiger partial charge in [0, 0.05) is 44.8 Å². The lowest BCUT2D eigenvalue weighted by atomic mass is 9.72. The molecule has 4 fully saturated rings. The third-order valence-corrected chi connectivity index (χ3v) is 10.4. The number of hydrogen-bond acceptors (Lipinski definition) is 5. The number of rotatable bonds is 6. The highest BCUT2D eigenvalue weighted by Crippen LogP contribution is 2.44. The maximum Gasteiger partial charge on any atom is 0.410 e. The van der Waals surface area contributed by atoms with Crippen LogP contribution in [0, 0.1) is 10.8 Å². The Hall–Kier alpha value is -2.41. The smallest absolute Gasteiger partial charge is 0.410 e. The maximum atomic E-state index is 12.3. The standard InChI is InChI=1S/C21H32N2O2.C16H24N2/c1-20(2,3)25-19(24)23-14-13-21(16-23)11-9-18(10-12-21)22-15-17-7-5-4-6-8-17;1-2-4-14(5-3-1)12-18-15-6-8-16(9-7-15)10-11-17-13-16/h4-8,18,22H,9-16H2,1-3H3;1-5,15,17-18H,6-13H2. The molecule has 0 bridgehead atoms. The third-order valence-electron chi connectivity index (χ3n) is 10.4. The van der Waals surface area contributed by atoms with Crippen molar-refractivity contribution in [3.8, 4) is 0 Å². The van der Waals surface area contributed by atoms with E-state index < -0.39 is 5.60 Å². The molecule has 2 spiro atoms. The summed E-state index contributed by atoms with van der Waals surface area (Å²) in [5, 5.41) is 11.0. The van der Waals surface area contributed by atoms with E-state index in [9.17, 15) is 4.79 Å². The van der Waals surface area contributed by atoms with E-state index in [0.29, 0.717) is 16.9 Å². The van der Waals surface area contributed by atoms with Crippen LogP contribution in [0.15, 0.2) is 60.7 Å². The Balaban J connectivity index is 0.000000180. The van der Waals surface area contributed by atoms with Gasteiger partial charge in [0.15, 0.2) is 0 Å². The van der Waals surface area contributed by atoms with Crippen LogP contribution in [0.5, 0.6) is 0 Å². The maximum absolute atomic E-state index is 12.3. The van der Waals surface area contributed by atoms with Crippen molar-refractivity contribution in [2.45, 2.75) is 116 Å². The Labute approximate surface area is 260 Å². The molecule has 2 aromatic carbocycles. The van der Waals surface area contributed by atoms with Crippen molar-refractivity contribution in [3.63, 3.8) is 0 Å². The van der Waals surface area contributed by atoms with Gasteiger partial charge in [-0.05, 0) is 113 Å². The largest absolute Gasteiger partial charge is 0.444 e. The number of carbonyl (C=O) groups excluding carboxylic acids is 1. The minimum atomic E-state index is -0.411. The molecule has 2 aromatic rings. The lowest BCUT2D eigenvalue weighted by molar-refractivity contribution is 0.0259. The third kappa shape index (κ3) is 9.54. The zero-order valence-electron chi connectivity index (χ0n) is 27.0. The fraction of sp³-hybridized carbons (Fsp3) is 0.649. The number of carbonyl (C=O) groups is 1. The summed E-state index contributed by atoms with van der Waals surface area (Å²) in [6, 6.07) is 22.7. The van der Waals surface area contributed by atoms with Crippen molar-refractivity contribution in [1.29, 1.82) is 0 Å². The molecule has 6 rings (SSSR count). The summed E-state index contributed by atoms with van der Waals surface area (Å²) in [4.78, 5) is 14.2. The first-order valence-electron chi connectivity index (χ1n) is 16.9. The molecular formula is C37H56N4O2. The Bertz CT molecular complexity index is 1110. The fourth-order valence-corrected chi connectivity index (χ4v) is 7.63. The average molecular weight is 589 g/mol. The summed E-state index contributed by atoms with van der Waals surface area (Å²) in [6.07, 6.45) is 12.7. The number of amides is 1. The van der Waals surface area contributed by atoms with Crippen molar-refractivity contribution < 1.29 is 9.53 Å². The predicted molar refractivity (Wildman–Crippen MR) is 176 cm³/mol. The second-order valence-electron chi connectivity index (χ2n) is 14.9. The zero-order chi connectivity index (χ0) is 30.2. The second-order valence-corrected chi connectivity index (χ2v) is 14.9. The van der Waals surface area contributed by atoms with Crippen molar-refractivity contribution in [2.24, 2.45) is 10.8 Å². The van der Waals surface area contributed by atoms with E-state index in [1.54, 1.807) is 0 Å². The summed E-state index contributed by atoms with van der Waals surface area (Å²) in [7, 11) is 0. The molecule has 2 saturated carbocycles. The van der Waals surface area contributed by atoms with Crippen molar-refractivity contribution in [2.75, 3.05) is 26.2 Å². The summed E-state index contributed by atoms with van der Waals surface area (Å²) in [5.74, 6) is 0. The molecule has 2 saturated heterocycles. The number of nitrogens with zero attached hydrogens (tertiary/aromatic N) is 1. The molecule has 0 radical (unpaired) electrons. The van der Waals surface area contributed by atoms with Crippen molar-refractivity contribution >= 4 is 6.09 Å². The zero-order valence-corrected chi connectivity index (χ0v) is 27.0. The molecule has 3 N–H and O–H groups in total. The normalized spacial score (nSPS) is 29.0. The van der Waals surface area contributed by atoms with E-state index >= 15 is 0 Å². The van der Waals surface area contributed by atoms with Gasteiger partial charge in [-0.1, -0.05) is 60.7 Å². The monoisotopic (exact) mass is 588 g/mol. The first-order valence-corrected chi connectivity index (χ1v) is 16.9. The quantitative estimate of drug-likeness (QED) is 0.338. The van der Waals surface area contributed by atoms with Gasteiger partial charge in [0.25, 0.3) is 0 Å². The predicted octanol–water partition coefficient (Wildman–Crippen LogP) is 7.04. The van der Waals surface area contributed by atoms with Crippen LogP contribution in [-0.2, 0) is 17.8 Å². The van der Waals surface area contributed by atoms with Crippen LogP contribution in [0.2, 0.25) is 0 Å². The van der Waals surface area contributed by atoms with E-state index in [0.717, 1.165) is 38.6 Å². The number of nitrogens with one attached hydrogen (secondary N) is 3. The van der Waals surface area contributed by atoms with Gasteiger partial charge in [-0.2, -0.15) is 0 Å². The molecule has 2 aliphatic carbocycles. The number of likely N-dealkylation sites (tertiary alicyclic amines) is 1. The van der Waals surface area contributed by atoms with Gasteiger partial charge in [-0.25, -0.2) is 4.79 Å². The number of hydrogen-bond donors (Lipinski definition) is 3. The van der Waals surface area contributed by atoms with E-state index in [-0.39, 0.29) is 6.09 Å². The first kappa shape index (κ1) is 32.0. The topological polar surface area (TPSA) is 65.6 Å². The molecule has 0 atom stereocenters. The second kappa shape index (κ2) is 14.6. The Morgan fingerprint density at radius 1 is 0.791 bits per heavy atom. The van der Waals surface area contributed by atoms with Gasteiger partial charge in [-0.3, -0.25) is 0 Å². The molecule has 6 nitrogen and oxygen atoms in total. The van der Waals surface area contributed by atoms with Gasteiger partial charge < -0.3 is 25.6 Å². The summed E-state index contributed by atoms with van der Waals surface area (Å²) in [5.41, 5.74) is 3.32. The number of ether oxygens (including phenoxy) is 1. The van der Waals surface area contributed by atoms with Crippen LogP contribution in [0.4, 0.5) is 4.79 Å². The molecule has 2 heterocycles. The van der Waals surface area contributed by atoms with Gasteiger partial charge in [0.1, 0.15) is 5.60 Å². The summed E-state index contributed by atoms with van der Waals surface area (Å²) >= 11 is 0. The molecule has 236 valence electrons. The van der Waals surface area contributed by atoms with E-state index in [4.69, 9.17) is 4.74 Å². The minimum Gasteiger partial charge on any atom is -0.444 e. The first-order chi connectivity index (χ1) is 20.7. The molecule has 2 aliphatic heterocycles. The van der Waals surface area contributed by atoms with Crippen molar-refractivity contribution in [1.82, 2.24) is 20.9 Å².